The highest BCUT2D eigenvalue weighted by atomic mass is 35.5. The van der Waals surface area contributed by atoms with Crippen LogP contribution in [0, 0.1) is 0 Å². The number of carbonyl (C=O) groups is 1. The van der Waals surface area contributed by atoms with Crippen molar-refractivity contribution in [2.45, 2.75) is 24.9 Å². The lowest BCUT2D eigenvalue weighted by Gasteiger charge is -2.20. The smallest absolute Gasteiger partial charge is 0.251 e. The molecule has 3 aromatic carbocycles. The van der Waals surface area contributed by atoms with Crippen LogP contribution < -0.4 is 19.5 Å². The van der Waals surface area contributed by atoms with E-state index in [4.69, 9.17) is 25.8 Å². The Hall–Kier alpha value is -3.27. The summed E-state index contributed by atoms with van der Waals surface area (Å²) in [5.74, 6) is 1.53. The first-order valence-corrected chi connectivity index (χ1v) is 12.7. The third-order valence-corrected chi connectivity index (χ3v) is 7.50. The molecule has 4 rings (SSSR count). The normalized spacial score (nSPS) is 12.6. The topological polar surface area (TPSA) is 94.2 Å². The van der Waals surface area contributed by atoms with Crippen molar-refractivity contribution < 1.29 is 27.4 Å². The van der Waals surface area contributed by atoms with Crippen LogP contribution in [0.4, 0.5) is 0 Å². The largest absolute Gasteiger partial charge is 0.494 e. The van der Waals surface area contributed by atoms with E-state index >= 15 is 0 Å². The number of nitrogens with one attached hydrogen (secondary N) is 1. The van der Waals surface area contributed by atoms with E-state index in [1.54, 1.807) is 24.3 Å². The summed E-state index contributed by atoms with van der Waals surface area (Å²) < 4.78 is 43.6. The number of fused-ring (bicyclic) bond motifs is 1. The minimum Gasteiger partial charge on any atom is -0.494 e. The fourth-order valence-electron chi connectivity index (χ4n) is 3.59. The molecule has 3 aromatic rings. The number of rotatable bonds is 9. The molecule has 10 heteroatoms. The van der Waals surface area contributed by atoms with Crippen LogP contribution >= 0.6 is 11.6 Å². The van der Waals surface area contributed by atoms with Gasteiger partial charge in [0.1, 0.15) is 5.75 Å². The fraction of sp³-hybridized carbons (Fsp3) is 0.240. The minimum absolute atomic E-state index is 0.0174. The SMILES string of the molecule is CCOc1ccc(C(=O)NCc2ccc3c(c2)OCO3)cc1CN(C)S(=O)(=O)c1ccc(Cl)cc1. The molecule has 1 N–H and O–H groups in total. The first-order valence-electron chi connectivity index (χ1n) is 10.9. The van der Waals surface area contributed by atoms with Gasteiger partial charge in [-0.05, 0) is 67.1 Å². The molecule has 0 saturated carbocycles. The zero-order chi connectivity index (χ0) is 25.0. The third kappa shape index (κ3) is 5.70. The number of nitrogens with zero attached hydrogens (tertiary/aromatic N) is 1. The van der Waals surface area contributed by atoms with Gasteiger partial charge in [0.2, 0.25) is 16.8 Å². The van der Waals surface area contributed by atoms with Gasteiger partial charge in [0.15, 0.2) is 11.5 Å². The van der Waals surface area contributed by atoms with E-state index in [1.165, 1.54) is 35.6 Å². The van der Waals surface area contributed by atoms with Crippen molar-refractivity contribution >= 4 is 27.5 Å². The second-order valence-electron chi connectivity index (χ2n) is 7.84. The van der Waals surface area contributed by atoms with Gasteiger partial charge >= 0.3 is 0 Å². The Labute approximate surface area is 209 Å². The van der Waals surface area contributed by atoms with E-state index in [2.05, 4.69) is 5.32 Å². The molecule has 1 aliphatic rings. The summed E-state index contributed by atoms with van der Waals surface area (Å²) in [5, 5.41) is 3.33. The Morgan fingerprint density at radius 3 is 2.54 bits per heavy atom. The number of sulfonamides is 1. The standard InChI is InChI=1S/C25H25ClN2O6S/c1-3-32-22-11-5-18(25(29)27-14-17-4-10-23-24(12-17)34-16-33-23)13-19(22)15-28(2)35(30,31)21-8-6-20(26)7-9-21/h4-13H,3,14-16H2,1-2H3,(H,27,29). The molecule has 1 amide bonds. The molecule has 1 aliphatic heterocycles. The van der Waals surface area contributed by atoms with Gasteiger partial charge in [-0.25, -0.2) is 8.42 Å². The van der Waals surface area contributed by atoms with E-state index in [1.807, 2.05) is 19.1 Å². The van der Waals surface area contributed by atoms with E-state index in [9.17, 15) is 13.2 Å². The average molecular weight is 517 g/mol. The van der Waals surface area contributed by atoms with Crippen LogP contribution in [0.25, 0.3) is 0 Å². The lowest BCUT2D eigenvalue weighted by atomic mass is 10.1. The lowest BCUT2D eigenvalue weighted by Crippen LogP contribution is -2.27. The monoisotopic (exact) mass is 516 g/mol. The quantitative estimate of drug-likeness (QED) is 0.457. The minimum atomic E-state index is -3.77. The van der Waals surface area contributed by atoms with Crippen LogP contribution in [0.1, 0.15) is 28.4 Å². The molecule has 0 saturated heterocycles. The molecular weight excluding hydrogens is 492 g/mol. The maximum Gasteiger partial charge on any atom is 0.251 e. The molecule has 35 heavy (non-hydrogen) atoms. The molecule has 0 fully saturated rings. The summed E-state index contributed by atoms with van der Waals surface area (Å²) in [6.45, 7) is 2.73. The zero-order valence-electron chi connectivity index (χ0n) is 19.3. The molecule has 184 valence electrons. The zero-order valence-corrected chi connectivity index (χ0v) is 20.9. The molecule has 1 heterocycles. The van der Waals surface area contributed by atoms with E-state index < -0.39 is 10.0 Å². The van der Waals surface area contributed by atoms with Gasteiger partial charge in [-0.3, -0.25) is 4.79 Å². The number of halogens is 1. The molecule has 0 aliphatic carbocycles. The van der Waals surface area contributed by atoms with Crippen LogP contribution in [-0.4, -0.2) is 39.1 Å². The molecular formula is C25H25ClN2O6S. The van der Waals surface area contributed by atoms with Crippen LogP contribution in [0.2, 0.25) is 5.02 Å². The van der Waals surface area contributed by atoms with Gasteiger partial charge in [0, 0.05) is 36.3 Å². The van der Waals surface area contributed by atoms with Crippen LogP contribution in [-0.2, 0) is 23.1 Å². The first-order chi connectivity index (χ1) is 16.8. The Kier molecular flexibility index (Phi) is 7.49. The number of hydrogen-bond donors (Lipinski definition) is 1. The van der Waals surface area contributed by atoms with Crippen molar-refractivity contribution in [3.05, 3.63) is 82.4 Å². The molecule has 0 spiro atoms. The van der Waals surface area contributed by atoms with Crippen LogP contribution in [0.3, 0.4) is 0 Å². The average Bonchev–Trinajstić information content (AvgIpc) is 3.32. The Morgan fingerprint density at radius 2 is 1.80 bits per heavy atom. The molecule has 0 unspecified atom stereocenters. The van der Waals surface area contributed by atoms with E-state index in [0.29, 0.717) is 46.5 Å². The highest BCUT2D eigenvalue weighted by Gasteiger charge is 2.23. The second-order valence-corrected chi connectivity index (χ2v) is 10.3. The third-order valence-electron chi connectivity index (χ3n) is 5.43. The Balaban J connectivity index is 1.50. The Morgan fingerprint density at radius 1 is 1.06 bits per heavy atom. The fourth-order valence-corrected chi connectivity index (χ4v) is 4.86. The predicted octanol–water partition coefficient (Wildman–Crippen LogP) is 4.22. The Bertz CT molecular complexity index is 1330. The first kappa shape index (κ1) is 24.8. The molecule has 0 radical (unpaired) electrons. The van der Waals surface area contributed by atoms with Gasteiger partial charge in [-0.1, -0.05) is 17.7 Å². The van der Waals surface area contributed by atoms with Crippen molar-refractivity contribution in [3.8, 4) is 17.2 Å². The van der Waals surface area contributed by atoms with Crippen LogP contribution in [0.5, 0.6) is 17.2 Å². The summed E-state index contributed by atoms with van der Waals surface area (Å²) in [6.07, 6.45) is 0. The second kappa shape index (κ2) is 10.6. The summed E-state index contributed by atoms with van der Waals surface area (Å²) in [7, 11) is -2.30. The van der Waals surface area contributed by atoms with Crippen molar-refractivity contribution in [1.29, 1.82) is 0 Å². The number of benzene rings is 3. The van der Waals surface area contributed by atoms with Crippen molar-refractivity contribution in [1.82, 2.24) is 9.62 Å². The highest BCUT2D eigenvalue weighted by molar-refractivity contribution is 7.89. The molecule has 8 nitrogen and oxygen atoms in total. The molecule has 0 bridgehead atoms. The maximum atomic E-state index is 13.0. The van der Waals surface area contributed by atoms with E-state index in [-0.39, 0.29) is 24.1 Å². The lowest BCUT2D eigenvalue weighted by molar-refractivity contribution is 0.0950. The highest BCUT2D eigenvalue weighted by Crippen LogP contribution is 2.32. The summed E-state index contributed by atoms with van der Waals surface area (Å²) >= 11 is 5.89. The predicted molar refractivity (Wildman–Crippen MR) is 131 cm³/mol. The number of hydrogen-bond acceptors (Lipinski definition) is 6. The summed E-state index contributed by atoms with van der Waals surface area (Å²) in [6, 6.07) is 16.4. The summed E-state index contributed by atoms with van der Waals surface area (Å²) in [4.78, 5) is 13.0. The van der Waals surface area contributed by atoms with Gasteiger partial charge < -0.3 is 19.5 Å². The number of carbonyl (C=O) groups excluding carboxylic acids is 1. The van der Waals surface area contributed by atoms with Crippen molar-refractivity contribution in [3.63, 3.8) is 0 Å². The van der Waals surface area contributed by atoms with E-state index in [0.717, 1.165) is 5.56 Å². The van der Waals surface area contributed by atoms with Gasteiger partial charge in [-0.2, -0.15) is 4.31 Å². The number of ether oxygens (including phenoxy) is 3. The van der Waals surface area contributed by atoms with Gasteiger partial charge in [0.25, 0.3) is 5.91 Å². The molecule has 0 atom stereocenters. The van der Waals surface area contributed by atoms with Gasteiger partial charge in [0.05, 0.1) is 11.5 Å². The van der Waals surface area contributed by atoms with Crippen LogP contribution in [0.15, 0.2) is 65.6 Å². The van der Waals surface area contributed by atoms with Crippen molar-refractivity contribution in [2.75, 3.05) is 20.4 Å². The number of amides is 1. The van der Waals surface area contributed by atoms with Crippen molar-refractivity contribution in [2.24, 2.45) is 0 Å². The van der Waals surface area contributed by atoms with Gasteiger partial charge in [-0.15, -0.1) is 0 Å². The molecule has 0 aromatic heterocycles. The maximum absolute atomic E-state index is 13.0. The summed E-state index contributed by atoms with van der Waals surface area (Å²) in [5.41, 5.74) is 1.83.